The number of fused-ring (bicyclic) bond motifs is 1. The van der Waals surface area contributed by atoms with Gasteiger partial charge in [-0.3, -0.25) is 9.58 Å². The van der Waals surface area contributed by atoms with Gasteiger partial charge in [0, 0.05) is 49.2 Å². The molecule has 2 aromatic rings. The first-order chi connectivity index (χ1) is 14.1. The van der Waals surface area contributed by atoms with Crippen LogP contribution in [-0.2, 0) is 34.5 Å². The van der Waals surface area contributed by atoms with Gasteiger partial charge in [-0.15, -0.1) is 11.3 Å². The third kappa shape index (κ3) is 5.78. The summed E-state index contributed by atoms with van der Waals surface area (Å²) in [5.74, 6) is -2.29. The molecule has 0 aliphatic carbocycles. The number of hydrogen-bond acceptors (Lipinski definition) is 7. The van der Waals surface area contributed by atoms with E-state index in [2.05, 4.69) is 26.6 Å². The fourth-order valence-corrected chi connectivity index (χ4v) is 4.20. The van der Waals surface area contributed by atoms with Crippen molar-refractivity contribution >= 4 is 17.3 Å². The number of carbonyl (C=O) groups is 1. The number of carboxylic acid groups (broad SMARTS) is 1. The Morgan fingerprint density at radius 3 is 2.73 bits per heavy atom. The Bertz CT molecular complexity index is 857. The number of ether oxygens (including phenoxy) is 2. The maximum atomic E-state index is 10.6. The molecule has 0 bridgehead atoms. The molecule has 12 heteroatoms. The van der Waals surface area contributed by atoms with Gasteiger partial charge in [-0.1, -0.05) is 0 Å². The first-order valence-corrected chi connectivity index (χ1v) is 10.1. The topological polar surface area (TPSA) is 89.7 Å². The van der Waals surface area contributed by atoms with Crippen LogP contribution in [0.4, 0.5) is 13.2 Å². The van der Waals surface area contributed by atoms with Gasteiger partial charge in [-0.2, -0.15) is 18.3 Å². The Morgan fingerprint density at radius 1 is 1.43 bits per heavy atom. The van der Waals surface area contributed by atoms with Gasteiger partial charge in [0.1, 0.15) is 0 Å². The predicted molar refractivity (Wildman–Crippen MR) is 101 cm³/mol. The lowest BCUT2D eigenvalue weighted by molar-refractivity contribution is -0.192. The second-order valence-corrected chi connectivity index (χ2v) is 8.29. The molecule has 4 rings (SSSR count). The molecule has 166 valence electrons. The summed E-state index contributed by atoms with van der Waals surface area (Å²) in [5.41, 5.74) is 2.28. The molecule has 0 radical (unpaired) electrons. The zero-order valence-electron chi connectivity index (χ0n) is 16.5. The van der Waals surface area contributed by atoms with Gasteiger partial charge >= 0.3 is 12.1 Å². The van der Waals surface area contributed by atoms with Crippen LogP contribution in [-0.4, -0.2) is 68.8 Å². The molecular weight excluding hydrogens is 425 g/mol. The highest BCUT2D eigenvalue weighted by Gasteiger charge is 2.46. The van der Waals surface area contributed by atoms with Crippen LogP contribution in [0.3, 0.4) is 0 Å². The van der Waals surface area contributed by atoms with Crippen LogP contribution >= 0.6 is 11.3 Å². The Balaban J connectivity index is 0.000000318. The van der Waals surface area contributed by atoms with Crippen LogP contribution in [0.1, 0.15) is 16.3 Å². The summed E-state index contributed by atoms with van der Waals surface area (Å²) in [6, 6.07) is 0.456. The minimum Gasteiger partial charge on any atom is -0.475 e. The molecule has 30 heavy (non-hydrogen) atoms. The van der Waals surface area contributed by atoms with E-state index in [9.17, 15) is 13.2 Å². The van der Waals surface area contributed by atoms with Crippen molar-refractivity contribution in [2.45, 2.75) is 38.4 Å². The van der Waals surface area contributed by atoms with Crippen LogP contribution < -0.4 is 0 Å². The zero-order valence-corrected chi connectivity index (χ0v) is 17.3. The van der Waals surface area contributed by atoms with Gasteiger partial charge < -0.3 is 14.6 Å². The van der Waals surface area contributed by atoms with Crippen molar-refractivity contribution in [3.05, 3.63) is 34.0 Å². The maximum Gasteiger partial charge on any atom is 0.490 e. The number of hydrogen-bond donors (Lipinski definition) is 1. The number of aliphatic carboxylic acids is 1. The van der Waals surface area contributed by atoms with Crippen LogP contribution in [0.15, 0.2) is 17.8 Å². The number of thiazole rings is 1. The summed E-state index contributed by atoms with van der Waals surface area (Å²) in [5, 5.41) is 14.6. The molecule has 1 N–H and O–H groups in total. The second kappa shape index (κ2) is 9.41. The smallest absolute Gasteiger partial charge is 0.475 e. The molecule has 0 unspecified atom stereocenters. The molecule has 8 nitrogen and oxygen atoms in total. The predicted octanol–water partition coefficient (Wildman–Crippen LogP) is 2.23. The van der Waals surface area contributed by atoms with Crippen LogP contribution in [0, 0.1) is 12.8 Å². The number of rotatable bonds is 5. The molecule has 0 amide bonds. The van der Waals surface area contributed by atoms with Gasteiger partial charge in [0.05, 0.1) is 42.8 Å². The van der Waals surface area contributed by atoms with E-state index in [-0.39, 0.29) is 6.10 Å². The highest BCUT2D eigenvalue weighted by Crippen LogP contribution is 2.33. The average Bonchev–Trinajstić information content (AvgIpc) is 3.41. The quantitative estimate of drug-likeness (QED) is 0.750. The number of aromatic nitrogens is 3. The Kier molecular flexibility index (Phi) is 7.11. The minimum absolute atomic E-state index is 0.223. The fourth-order valence-electron chi connectivity index (χ4n) is 3.61. The SMILES string of the molecule is Cc1nc(CO[C@@H]2CN(Cc3cnn(C)c3)[C@@H]3COC[C@@H]32)cs1.O=C(O)C(F)(F)F. The normalized spacial score (nSPS) is 23.8. The number of nitrogens with zero attached hydrogens (tertiary/aromatic N) is 4. The molecule has 0 aromatic carbocycles. The molecule has 2 fully saturated rings. The first-order valence-electron chi connectivity index (χ1n) is 9.25. The third-order valence-corrected chi connectivity index (χ3v) is 5.77. The fraction of sp³-hybridized carbons (Fsp3) is 0.611. The van der Waals surface area contributed by atoms with Crippen molar-refractivity contribution in [3.63, 3.8) is 0 Å². The summed E-state index contributed by atoms with van der Waals surface area (Å²) in [4.78, 5) is 15.9. The van der Waals surface area contributed by atoms with E-state index in [0.29, 0.717) is 18.6 Å². The molecule has 3 atom stereocenters. The molecule has 2 aromatic heterocycles. The molecule has 2 aliphatic heterocycles. The zero-order chi connectivity index (χ0) is 21.9. The number of halogens is 3. The highest BCUT2D eigenvalue weighted by molar-refractivity contribution is 7.09. The average molecular weight is 448 g/mol. The van der Waals surface area contributed by atoms with Crippen molar-refractivity contribution in [2.24, 2.45) is 13.0 Å². The van der Waals surface area contributed by atoms with Crippen molar-refractivity contribution in [2.75, 3.05) is 19.8 Å². The standard InChI is InChI=1S/C16H22N4O2S.C2HF3O2/c1-11-18-13(10-23-11)7-22-16-6-20(15-9-21-8-14(15)16)5-12-3-17-19(2)4-12;3-2(4,5)1(6)7/h3-4,10,14-16H,5-9H2,1-2H3;(H,6,7)/t14-,15+,16+;/m0./s1. The Hall–Kier alpha value is -2.02. The van der Waals surface area contributed by atoms with E-state index in [1.807, 2.05) is 24.9 Å². The van der Waals surface area contributed by atoms with Gasteiger partial charge in [-0.05, 0) is 6.92 Å². The molecule has 2 aliphatic rings. The highest BCUT2D eigenvalue weighted by atomic mass is 32.1. The molecular formula is C18H23F3N4O4S. The van der Waals surface area contributed by atoms with Gasteiger partial charge in [0.25, 0.3) is 0 Å². The van der Waals surface area contributed by atoms with Crippen LogP contribution in [0.5, 0.6) is 0 Å². The lowest BCUT2D eigenvalue weighted by atomic mass is 10.0. The van der Waals surface area contributed by atoms with Crippen LogP contribution in [0.25, 0.3) is 0 Å². The second-order valence-electron chi connectivity index (χ2n) is 7.23. The van der Waals surface area contributed by atoms with E-state index in [1.165, 1.54) is 5.56 Å². The molecule has 4 heterocycles. The summed E-state index contributed by atoms with van der Waals surface area (Å²) in [6.07, 6.45) is -0.838. The molecule has 0 saturated carbocycles. The van der Waals surface area contributed by atoms with Gasteiger partial charge in [0.2, 0.25) is 0 Å². The summed E-state index contributed by atoms with van der Waals surface area (Å²) >= 11 is 1.68. The molecule has 2 saturated heterocycles. The number of alkyl halides is 3. The van der Waals surface area contributed by atoms with Crippen molar-refractivity contribution in [1.82, 2.24) is 19.7 Å². The lowest BCUT2D eigenvalue weighted by Crippen LogP contribution is -2.32. The lowest BCUT2D eigenvalue weighted by Gasteiger charge is -2.21. The monoisotopic (exact) mass is 448 g/mol. The van der Waals surface area contributed by atoms with Crippen molar-refractivity contribution < 1.29 is 32.5 Å². The maximum absolute atomic E-state index is 10.6. The number of likely N-dealkylation sites (tertiary alicyclic amines) is 1. The summed E-state index contributed by atoms with van der Waals surface area (Å²) in [6.45, 7) is 6.10. The van der Waals surface area contributed by atoms with E-state index in [1.54, 1.807) is 11.3 Å². The van der Waals surface area contributed by atoms with E-state index in [0.717, 1.165) is 37.0 Å². The summed E-state index contributed by atoms with van der Waals surface area (Å²) in [7, 11) is 1.96. The minimum atomic E-state index is -5.08. The van der Waals surface area contributed by atoms with E-state index >= 15 is 0 Å². The Morgan fingerprint density at radius 2 is 2.17 bits per heavy atom. The molecule has 0 spiro atoms. The number of aryl methyl sites for hydroxylation is 2. The first kappa shape index (κ1) is 22.7. The largest absolute Gasteiger partial charge is 0.490 e. The Labute approximate surface area is 175 Å². The van der Waals surface area contributed by atoms with Crippen molar-refractivity contribution in [3.8, 4) is 0 Å². The van der Waals surface area contributed by atoms with E-state index in [4.69, 9.17) is 19.4 Å². The van der Waals surface area contributed by atoms with Gasteiger partial charge in [-0.25, -0.2) is 9.78 Å². The number of carboxylic acids is 1. The summed E-state index contributed by atoms with van der Waals surface area (Å²) < 4.78 is 45.5. The third-order valence-electron chi connectivity index (χ3n) is 4.95. The van der Waals surface area contributed by atoms with Gasteiger partial charge in [0.15, 0.2) is 0 Å². The van der Waals surface area contributed by atoms with Crippen LogP contribution in [0.2, 0.25) is 0 Å². The van der Waals surface area contributed by atoms with Crippen molar-refractivity contribution in [1.29, 1.82) is 0 Å². The van der Waals surface area contributed by atoms with E-state index < -0.39 is 12.1 Å².